The maximum absolute atomic E-state index is 11.8. The molecule has 1 aromatic rings. The Hall–Kier alpha value is -0.870. The molecule has 1 rings (SSSR count). The number of nitrogens with two attached hydrogens (primary N) is 1. The predicted octanol–water partition coefficient (Wildman–Crippen LogP) is 3.46. The molecule has 4 heteroatoms. The highest BCUT2D eigenvalue weighted by atomic mass is 79.9. The average molecular weight is 313 g/mol. The standard InChI is InChI=1S/C14H21BrN2O/c1-10(7-8-16)4-6-14(18)17-13-9-11(2)3-5-12(13)15/h3,5,9-10H,4,6-8,16H2,1-2H3,(H,17,18). The number of anilines is 1. The molecule has 0 bridgehead atoms. The summed E-state index contributed by atoms with van der Waals surface area (Å²) in [4.78, 5) is 11.8. The van der Waals surface area contributed by atoms with Crippen molar-refractivity contribution in [3.63, 3.8) is 0 Å². The van der Waals surface area contributed by atoms with Crippen LogP contribution in [0, 0.1) is 12.8 Å². The van der Waals surface area contributed by atoms with Gasteiger partial charge in [-0.15, -0.1) is 0 Å². The number of rotatable bonds is 6. The van der Waals surface area contributed by atoms with Crippen molar-refractivity contribution in [2.24, 2.45) is 11.7 Å². The molecule has 0 spiro atoms. The van der Waals surface area contributed by atoms with Crippen LogP contribution >= 0.6 is 15.9 Å². The first-order valence-electron chi connectivity index (χ1n) is 6.29. The van der Waals surface area contributed by atoms with E-state index in [1.807, 2.05) is 25.1 Å². The van der Waals surface area contributed by atoms with Crippen molar-refractivity contribution in [2.45, 2.75) is 33.1 Å². The van der Waals surface area contributed by atoms with Crippen LogP contribution in [0.1, 0.15) is 31.7 Å². The van der Waals surface area contributed by atoms with Crippen molar-refractivity contribution < 1.29 is 4.79 Å². The van der Waals surface area contributed by atoms with Crippen LogP contribution in [0.2, 0.25) is 0 Å². The average Bonchev–Trinajstić information content (AvgIpc) is 2.32. The lowest BCUT2D eigenvalue weighted by molar-refractivity contribution is -0.116. The molecule has 1 aromatic carbocycles. The first kappa shape index (κ1) is 15.2. The molecule has 0 aliphatic carbocycles. The molecule has 0 saturated heterocycles. The number of hydrogen-bond donors (Lipinski definition) is 2. The summed E-state index contributed by atoms with van der Waals surface area (Å²) in [5.74, 6) is 0.562. The van der Waals surface area contributed by atoms with Gasteiger partial charge in [0.1, 0.15) is 0 Å². The van der Waals surface area contributed by atoms with Gasteiger partial charge in [-0.2, -0.15) is 0 Å². The minimum atomic E-state index is 0.0603. The molecule has 100 valence electrons. The lowest BCUT2D eigenvalue weighted by atomic mass is 10.0. The van der Waals surface area contributed by atoms with Crippen molar-refractivity contribution in [2.75, 3.05) is 11.9 Å². The Bertz CT molecular complexity index is 407. The lowest BCUT2D eigenvalue weighted by Crippen LogP contribution is -2.14. The van der Waals surface area contributed by atoms with Gasteiger partial charge in [-0.1, -0.05) is 13.0 Å². The monoisotopic (exact) mass is 312 g/mol. The fraction of sp³-hybridized carbons (Fsp3) is 0.500. The van der Waals surface area contributed by atoms with Crippen molar-refractivity contribution in [1.29, 1.82) is 0 Å². The zero-order chi connectivity index (χ0) is 13.5. The van der Waals surface area contributed by atoms with E-state index in [1.54, 1.807) is 0 Å². The smallest absolute Gasteiger partial charge is 0.224 e. The Labute approximate surface area is 117 Å². The van der Waals surface area contributed by atoms with Crippen LogP contribution in [0.3, 0.4) is 0 Å². The Morgan fingerprint density at radius 2 is 2.17 bits per heavy atom. The van der Waals surface area contributed by atoms with Gasteiger partial charge in [0.15, 0.2) is 0 Å². The first-order chi connectivity index (χ1) is 8.52. The molecule has 1 atom stereocenters. The molecular formula is C14H21BrN2O. The fourth-order valence-corrected chi connectivity index (χ4v) is 2.10. The third kappa shape index (κ3) is 5.19. The Morgan fingerprint density at radius 3 is 2.83 bits per heavy atom. The number of carbonyl (C=O) groups is 1. The maximum atomic E-state index is 11.8. The highest BCUT2D eigenvalue weighted by molar-refractivity contribution is 9.10. The summed E-state index contributed by atoms with van der Waals surface area (Å²) in [5.41, 5.74) is 7.46. The van der Waals surface area contributed by atoms with Crippen molar-refractivity contribution in [1.82, 2.24) is 0 Å². The largest absolute Gasteiger partial charge is 0.330 e. The van der Waals surface area contributed by atoms with Crippen LogP contribution in [0.25, 0.3) is 0 Å². The maximum Gasteiger partial charge on any atom is 0.224 e. The number of amides is 1. The Morgan fingerprint density at radius 1 is 1.44 bits per heavy atom. The quantitative estimate of drug-likeness (QED) is 0.845. The normalized spacial score (nSPS) is 12.2. The third-order valence-corrected chi connectivity index (χ3v) is 3.61. The van der Waals surface area contributed by atoms with Gasteiger partial charge in [0, 0.05) is 10.9 Å². The SMILES string of the molecule is Cc1ccc(Br)c(NC(=O)CCC(C)CCN)c1. The number of hydrogen-bond acceptors (Lipinski definition) is 2. The van der Waals surface area contributed by atoms with Crippen LogP contribution in [0.5, 0.6) is 0 Å². The molecule has 0 radical (unpaired) electrons. The second kappa shape index (κ2) is 7.54. The first-order valence-corrected chi connectivity index (χ1v) is 7.08. The fourth-order valence-electron chi connectivity index (χ4n) is 1.75. The summed E-state index contributed by atoms with van der Waals surface area (Å²) in [7, 11) is 0. The molecule has 0 heterocycles. The van der Waals surface area contributed by atoms with E-state index in [1.165, 1.54) is 0 Å². The zero-order valence-electron chi connectivity index (χ0n) is 11.0. The summed E-state index contributed by atoms with van der Waals surface area (Å²) in [6.45, 7) is 4.82. The summed E-state index contributed by atoms with van der Waals surface area (Å²) >= 11 is 3.43. The van der Waals surface area contributed by atoms with Gasteiger partial charge in [0.2, 0.25) is 5.91 Å². The molecule has 0 aliphatic rings. The second-order valence-electron chi connectivity index (χ2n) is 4.75. The van der Waals surface area contributed by atoms with Gasteiger partial charge >= 0.3 is 0 Å². The second-order valence-corrected chi connectivity index (χ2v) is 5.61. The number of aryl methyl sites for hydroxylation is 1. The van der Waals surface area contributed by atoms with E-state index in [9.17, 15) is 4.79 Å². The van der Waals surface area contributed by atoms with Crippen molar-refractivity contribution in [3.05, 3.63) is 28.2 Å². The topological polar surface area (TPSA) is 55.1 Å². The zero-order valence-corrected chi connectivity index (χ0v) is 12.6. The van der Waals surface area contributed by atoms with Crippen LogP contribution in [-0.2, 0) is 4.79 Å². The van der Waals surface area contributed by atoms with Crippen molar-refractivity contribution in [3.8, 4) is 0 Å². The van der Waals surface area contributed by atoms with E-state index in [4.69, 9.17) is 5.73 Å². The van der Waals surface area contributed by atoms with E-state index in [-0.39, 0.29) is 5.91 Å². The Kier molecular flexibility index (Phi) is 6.36. The van der Waals surface area contributed by atoms with E-state index in [0.29, 0.717) is 18.9 Å². The highest BCUT2D eigenvalue weighted by Gasteiger charge is 2.08. The van der Waals surface area contributed by atoms with Gasteiger partial charge in [-0.3, -0.25) is 4.79 Å². The molecule has 1 amide bonds. The van der Waals surface area contributed by atoms with Gasteiger partial charge in [-0.05, 0) is 65.9 Å². The molecule has 0 saturated carbocycles. The number of benzene rings is 1. The molecule has 3 nitrogen and oxygen atoms in total. The van der Waals surface area contributed by atoms with Gasteiger partial charge in [0.25, 0.3) is 0 Å². The summed E-state index contributed by atoms with van der Waals surface area (Å²) in [6, 6.07) is 5.91. The molecule has 18 heavy (non-hydrogen) atoms. The minimum Gasteiger partial charge on any atom is -0.330 e. The summed E-state index contributed by atoms with van der Waals surface area (Å²) in [5, 5.41) is 2.93. The molecular weight excluding hydrogens is 292 g/mol. The van der Waals surface area contributed by atoms with E-state index < -0.39 is 0 Å². The van der Waals surface area contributed by atoms with E-state index >= 15 is 0 Å². The van der Waals surface area contributed by atoms with Crippen molar-refractivity contribution >= 4 is 27.5 Å². The van der Waals surface area contributed by atoms with Gasteiger partial charge in [0.05, 0.1) is 5.69 Å². The molecule has 0 fully saturated rings. The number of carbonyl (C=O) groups excluding carboxylic acids is 1. The summed E-state index contributed by atoms with van der Waals surface area (Å²) < 4.78 is 0.913. The van der Waals surface area contributed by atoms with Gasteiger partial charge < -0.3 is 11.1 Å². The molecule has 0 aliphatic heterocycles. The van der Waals surface area contributed by atoms with E-state index in [0.717, 1.165) is 28.6 Å². The highest BCUT2D eigenvalue weighted by Crippen LogP contribution is 2.23. The summed E-state index contributed by atoms with van der Waals surface area (Å²) in [6.07, 6.45) is 2.40. The van der Waals surface area contributed by atoms with E-state index in [2.05, 4.69) is 28.2 Å². The van der Waals surface area contributed by atoms with Gasteiger partial charge in [-0.25, -0.2) is 0 Å². The number of nitrogens with one attached hydrogen (secondary N) is 1. The predicted molar refractivity (Wildman–Crippen MR) is 79.6 cm³/mol. The van der Waals surface area contributed by atoms with Crippen LogP contribution in [0.15, 0.2) is 22.7 Å². The Balaban J connectivity index is 2.47. The number of halogens is 1. The molecule has 3 N–H and O–H groups in total. The molecule has 1 unspecified atom stereocenters. The molecule has 0 aromatic heterocycles. The van der Waals surface area contributed by atoms with Crippen LogP contribution in [0.4, 0.5) is 5.69 Å². The van der Waals surface area contributed by atoms with Crippen LogP contribution < -0.4 is 11.1 Å². The van der Waals surface area contributed by atoms with Crippen LogP contribution in [-0.4, -0.2) is 12.5 Å². The lowest BCUT2D eigenvalue weighted by Gasteiger charge is -2.11. The third-order valence-electron chi connectivity index (χ3n) is 2.92. The minimum absolute atomic E-state index is 0.0603.